The normalized spacial score (nSPS) is 10.7. The van der Waals surface area contributed by atoms with E-state index in [-0.39, 0.29) is 12.2 Å². The fourth-order valence-corrected chi connectivity index (χ4v) is 1.22. The summed E-state index contributed by atoms with van der Waals surface area (Å²) in [5, 5.41) is 9.83. The van der Waals surface area contributed by atoms with E-state index < -0.39 is 27.8 Å². The van der Waals surface area contributed by atoms with Gasteiger partial charge in [-0.1, -0.05) is 11.6 Å². The summed E-state index contributed by atoms with van der Waals surface area (Å²) in [6, 6.07) is 0.980. The van der Waals surface area contributed by atoms with Crippen molar-refractivity contribution in [2.75, 3.05) is 0 Å². The van der Waals surface area contributed by atoms with Gasteiger partial charge >= 0.3 is 0 Å². The molecular weight excluding hydrogens is 232 g/mol. The van der Waals surface area contributed by atoms with Crippen LogP contribution in [0.25, 0.3) is 0 Å². The first-order chi connectivity index (χ1) is 6.97. The van der Waals surface area contributed by atoms with Crippen LogP contribution in [-0.4, -0.2) is 9.91 Å². The number of nitro groups is 1. The predicted octanol–water partition coefficient (Wildman–Crippen LogP) is 2.04. The Kier molecular flexibility index (Phi) is 3.48. The molecule has 1 rings (SSSR count). The standard InChI is InChI=1S/C7H6ClF2N3O2/c8-5-4(13(14)15)1-3(2-11)12-6(5)7(9)10/h1,7H,2,11H2. The van der Waals surface area contributed by atoms with Crippen molar-refractivity contribution >= 4 is 17.3 Å². The lowest BCUT2D eigenvalue weighted by atomic mass is 10.2. The molecule has 0 atom stereocenters. The second-order valence-electron chi connectivity index (χ2n) is 2.59. The molecule has 0 radical (unpaired) electrons. The van der Waals surface area contributed by atoms with Crippen molar-refractivity contribution in [3.63, 3.8) is 0 Å². The maximum Gasteiger partial charge on any atom is 0.291 e. The molecule has 1 aromatic rings. The van der Waals surface area contributed by atoms with Gasteiger partial charge in [-0.2, -0.15) is 0 Å². The van der Waals surface area contributed by atoms with Gasteiger partial charge in [0.25, 0.3) is 12.1 Å². The van der Waals surface area contributed by atoms with Crippen LogP contribution in [-0.2, 0) is 6.54 Å². The summed E-state index contributed by atoms with van der Waals surface area (Å²) >= 11 is 5.40. The highest BCUT2D eigenvalue weighted by Gasteiger charge is 2.24. The van der Waals surface area contributed by atoms with Crippen molar-refractivity contribution in [1.82, 2.24) is 4.98 Å². The molecule has 1 heterocycles. The Morgan fingerprint density at radius 3 is 2.67 bits per heavy atom. The highest BCUT2D eigenvalue weighted by Crippen LogP contribution is 2.33. The topological polar surface area (TPSA) is 82.0 Å². The molecule has 1 aromatic heterocycles. The quantitative estimate of drug-likeness (QED) is 0.644. The van der Waals surface area contributed by atoms with Gasteiger partial charge in [0, 0.05) is 12.6 Å². The number of nitrogens with two attached hydrogens (primary N) is 1. The highest BCUT2D eigenvalue weighted by atomic mass is 35.5. The first kappa shape index (κ1) is 11.7. The largest absolute Gasteiger partial charge is 0.325 e. The van der Waals surface area contributed by atoms with Crippen molar-refractivity contribution < 1.29 is 13.7 Å². The summed E-state index contributed by atoms with van der Waals surface area (Å²) in [6.45, 7) is -0.169. The summed E-state index contributed by atoms with van der Waals surface area (Å²) in [5.41, 5.74) is 3.74. The summed E-state index contributed by atoms with van der Waals surface area (Å²) in [4.78, 5) is 13.0. The molecular formula is C7H6ClF2N3O2. The van der Waals surface area contributed by atoms with Gasteiger partial charge in [0.05, 0.1) is 10.6 Å². The summed E-state index contributed by atoms with van der Waals surface area (Å²) < 4.78 is 24.8. The molecule has 0 amide bonds. The fourth-order valence-electron chi connectivity index (χ4n) is 0.970. The number of pyridine rings is 1. The van der Waals surface area contributed by atoms with E-state index in [0.717, 1.165) is 6.07 Å². The second-order valence-corrected chi connectivity index (χ2v) is 2.97. The zero-order chi connectivity index (χ0) is 11.6. The number of alkyl halides is 2. The van der Waals surface area contributed by atoms with Gasteiger partial charge in [-0.3, -0.25) is 10.1 Å². The third kappa shape index (κ3) is 2.37. The summed E-state index contributed by atoms with van der Waals surface area (Å²) in [7, 11) is 0. The number of rotatable bonds is 3. The summed E-state index contributed by atoms with van der Waals surface area (Å²) in [6.07, 6.45) is -2.97. The van der Waals surface area contributed by atoms with E-state index in [2.05, 4.69) is 4.98 Å². The summed E-state index contributed by atoms with van der Waals surface area (Å²) in [5.74, 6) is 0. The molecule has 15 heavy (non-hydrogen) atoms. The van der Waals surface area contributed by atoms with E-state index in [1.54, 1.807) is 0 Å². The Bertz CT molecular complexity index is 400. The Hall–Kier alpha value is -1.34. The van der Waals surface area contributed by atoms with Crippen LogP contribution in [0, 0.1) is 10.1 Å². The van der Waals surface area contributed by atoms with Crippen molar-refractivity contribution in [2.24, 2.45) is 5.73 Å². The Balaban J connectivity index is 3.40. The number of hydrogen-bond donors (Lipinski definition) is 1. The second kappa shape index (κ2) is 4.45. The van der Waals surface area contributed by atoms with E-state index in [0.29, 0.717) is 0 Å². The first-order valence-electron chi connectivity index (χ1n) is 3.79. The van der Waals surface area contributed by atoms with E-state index in [4.69, 9.17) is 17.3 Å². The average molecular weight is 238 g/mol. The molecule has 5 nitrogen and oxygen atoms in total. The molecule has 0 aliphatic rings. The molecule has 0 aromatic carbocycles. The molecule has 0 saturated carbocycles. The van der Waals surface area contributed by atoms with Crippen LogP contribution < -0.4 is 5.73 Å². The van der Waals surface area contributed by atoms with Gasteiger partial charge in [-0.25, -0.2) is 13.8 Å². The third-order valence-electron chi connectivity index (χ3n) is 1.63. The smallest absolute Gasteiger partial charge is 0.291 e. The molecule has 0 unspecified atom stereocenters. The minimum Gasteiger partial charge on any atom is -0.325 e. The first-order valence-corrected chi connectivity index (χ1v) is 4.17. The minimum atomic E-state index is -2.97. The number of nitrogens with zero attached hydrogens (tertiary/aromatic N) is 2. The third-order valence-corrected chi connectivity index (χ3v) is 2.02. The molecule has 0 saturated heterocycles. The molecule has 0 aliphatic heterocycles. The van der Waals surface area contributed by atoms with Gasteiger partial charge < -0.3 is 5.73 Å². The maximum atomic E-state index is 12.4. The van der Waals surface area contributed by atoms with Gasteiger partial charge in [-0.05, 0) is 0 Å². The Labute approximate surface area is 88.0 Å². The zero-order valence-corrected chi connectivity index (χ0v) is 8.04. The lowest BCUT2D eigenvalue weighted by Crippen LogP contribution is -2.05. The molecule has 0 fully saturated rings. The van der Waals surface area contributed by atoms with Crippen LogP contribution in [0.5, 0.6) is 0 Å². The fraction of sp³-hybridized carbons (Fsp3) is 0.286. The highest BCUT2D eigenvalue weighted by molar-refractivity contribution is 6.33. The van der Waals surface area contributed by atoms with Crippen LogP contribution in [0.2, 0.25) is 5.02 Å². The maximum absolute atomic E-state index is 12.4. The van der Waals surface area contributed by atoms with Crippen LogP contribution >= 0.6 is 11.6 Å². The van der Waals surface area contributed by atoms with Gasteiger partial charge in [0.15, 0.2) is 0 Å². The lowest BCUT2D eigenvalue weighted by molar-refractivity contribution is -0.384. The number of aromatic nitrogens is 1. The predicted molar refractivity (Wildman–Crippen MR) is 48.7 cm³/mol. The van der Waals surface area contributed by atoms with Crippen molar-refractivity contribution in [3.8, 4) is 0 Å². The SMILES string of the molecule is NCc1cc([N+](=O)[O-])c(Cl)c(C(F)F)n1. The minimum absolute atomic E-state index is 0.00130. The van der Waals surface area contributed by atoms with Gasteiger partial charge in [0.1, 0.15) is 10.7 Å². The van der Waals surface area contributed by atoms with Crippen LogP contribution in [0.4, 0.5) is 14.5 Å². The molecule has 8 heteroatoms. The van der Waals surface area contributed by atoms with E-state index in [9.17, 15) is 18.9 Å². The number of hydrogen-bond acceptors (Lipinski definition) is 4. The molecule has 2 N–H and O–H groups in total. The molecule has 0 bridgehead atoms. The monoisotopic (exact) mass is 237 g/mol. The lowest BCUT2D eigenvalue weighted by Gasteiger charge is -2.05. The van der Waals surface area contributed by atoms with Crippen molar-refractivity contribution in [2.45, 2.75) is 13.0 Å². The van der Waals surface area contributed by atoms with Crippen molar-refractivity contribution in [1.29, 1.82) is 0 Å². The van der Waals surface area contributed by atoms with Crippen LogP contribution in [0.1, 0.15) is 17.8 Å². The van der Waals surface area contributed by atoms with E-state index in [1.807, 2.05) is 0 Å². The Morgan fingerprint density at radius 2 is 2.27 bits per heavy atom. The van der Waals surface area contributed by atoms with Gasteiger partial charge in [0.2, 0.25) is 0 Å². The van der Waals surface area contributed by atoms with Crippen molar-refractivity contribution in [3.05, 3.63) is 32.6 Å². The van der Waals surface area contributed by atoms with Gasteiger partial charge in [-0.15, -0.1) is 0 Å². The number of halogens is 3. The molecule has 0 aliphatic carbocycles. The van der Waals surface area contributed by atoms with Crippen LogP contribution in [0.15, 0.2) is 6.07 Å². The van der Waals surface area contributed by atoms with E-state index in [1.165, 1.54) is 0 Å². The van der Waals surface area contributed by atoms with E-state index >= 15 is 0 Å². The van der Waals surface area contributed by atoms with Crippen LogP contribution in [0.3, 0.4) is 0 Å². The molecule has 82 valence electrons. The average Bonchev–Trinajstić information content (AvgIpc) is 2.17. The Morgan fingerprint density at radius 1 is 1.67 bits per heavy atom. The zero-order valence-electron chi connectivity index (χ0n) is 7.28. The molecule has 0 spiro atoms.